The van der Waals surface area contributed by atoms with Gasteiger partial charge in [0.15, 0.2) is 0 Å². The van der Waals surface area contributed by atoms with E-state index in [-0.39, 0.29) is 18.4 Å². The molecule has 3 saturated heterocycles. The van der Waals surface area contributed by atoms with Crippen LogP contribution in [0.5, 0.6) is 0 Å². The third-order valence-corrected chi connectivity index (χ3v) is 9.37. The standard InChI is InChI=1S/C29H36Cl2N4O3/c30-24-10-9-22(19-25(24)31)29(21-35(26(36)20-38-29)23-7-3-1-4-8-23)13-18-33-16-11-28(12-17-33,27(32)37)34-14-5-2-6-15-34/h1,3-4,7-10,19H,2,5-6,11-18,20-21H2,(H2,32,37). The van der Waals surface area contributed by atoms with Crippen LogP contribution < -0.4 is 10.6 Å². The van der Waals surface area contributed by atoms with Gasteiger partial charge in [0.1, 0.15) is 17.7 Å². The molecule has 0 aromatic heterocycles. The Bertz CT molecular complexity index is 1150. The number of ether oxygens (including phenoxy) is 1. The number of primary amides is 1. The topological polar surface area (TPSA) is 79.1 Å². The fourth-order valence-electron chi connectivity index (χ4n) is 6.29. The summed E-state index contributed by atoms with van der Waals surface area (Å²) in [5, 5.41) is 0.940. The molecular weight excluding hydrogens is 523 g/mol. The second-order valence-corrected chi connectivity index (χ2v) is 11.6. The molecule has 0 aliphatic carbocycles. The molecule has 9 heteroatoms. The van der Waals surface area contributed by atoms with Crippen molar-refractivity contribution in [1.82, 2.24) is 9.80 Å². The molecule has 0 bridgehead atoms. The van der Waals surface area contributed by atoms with Gasteiger partial charge in [-0.3, -0.25) is 14.5 Å². The maximum absolute atomic E-state index is 12.9. The number of anilines is 1. The summed E-state index contributed by atoms with van der Waals surface area (Å²) in [5.41, 5.74) is 6.45. The first-order valence-electron chi connectivity index (χ1n) is 13.6. The zero-order valence-corrected chi connectivity index (χ0v) is 23.2. The lowest BCUT2D eigenvalue weighted by Crippen LogP contribution is -2.63. The molecule has 0 saturated carbocycles. The smallest absolute Gasteiger partial charge is 0.253 e. The van der Waals surface area contributed by atoms with E-state index in [4.69, 9.17) is 33.7 Å². The van der Waals surface area contributed by atoms with Crippen LogP contribution in [0.1, 0.15) is 44.1 Å². The van der Waals surface area contributed by atoms with Gasteiger partial charge >= 0.3 is 0 Å². The predicted molar refractivity (Wildman–Crippen MR) is 151 cm³/mol. The van der Waals surface area contributed by atoms with Crippen molar-refractivity contribution >= 4 is 40.7 Å². The highest BCUT2D eigenvalue weighted by atomic mass is 35.5. The molecule has 3 fully saturated rings. The fraction of sp³-hybridized carbons (Fsp3) is 0.517. The summed E-state index contributed by atoms with van der Waals surface area (Å²) in [5.74, 6) is -0.267. The Morgan fingerprint density at radius 1 is 0.947 bits per heavy atom. The van der Waals surface area contributed by atoms with Crippen LogP contribution in [0.25, 0.3) is 0 Å². The lowest BCUT2D eigenvalue weighted by atomic mass is 9.82. The number of halogens is 2. The predicted octanol–water partition coefficient (Wildman–Crippen LogP) is 4.45. The Balaban J connectivity index is 1.35. The van der Waals surface area contributed by atoms with Gasteiger partial charge < -0.3 is 20.3 Å². The molecule has 2 aromatic rings. The number of benzene rings is 2. The van der Waals surface area contributed by atoms with Crippen LogP contribution in [-0.2, 0) is 19.9 Å². The fourth-order valence-corrected chi connectivity index (χ4v) is 6.58. The average Bonchev–Trinajstić information content (AvgIpc) is 2.95. The molecule has 0 radical (unpaired) electrons. The molecule has 2 aromatic carbocycles. The van der Waals surface area contributed by atoms with Crippen LogP contribution in [0.3, 0.4) is 0 Å². The highest BCUT2D eigenvalue weighted by Gasteiger charge is 2.46. The van der Waals surface area contributed by atoms with Gasteiger partial charge in [-0.05, 0) is 75.0 Å². The van der Waals surface area contributed by atoms with E-state index in [9.17, 15) is 9.59 Å². The number of nitrogens with two attached hydrogens (primary N) is 1. The number of hydrogen-bond donors (Lipinski definition) is 1. The minimum Gasteiger partial charge on any atom is -0.368 e. The maximum Gasteiger partial charge on any atom is 0.253 e. The monoisotopic (exact) mass is 558 g/mol. The number of morpholine rings is 1. The number of carbonyl (C=O) groups is 2. The Morgan fingerprint density at radius 3 is 2.32 bits per heavy atom. The van der Waals surface area contributed by atoms with E-state index in [1.807, 2.05) is 42.5 Å². The molecule has 1 unspecified atom stereocenters. The quantitative estimate of drug-likeness (QED) is 0.543. The van der Waals surface area contributed by atoms with Gasteiger partial charge in [-0.2, -0.15) is 0 Å². The minimum atomic E-state index is -0.747. The van der Waals surface area contributed by atoms with Gasteiger partial charge in [0, 0.05) is 25.3 Å². The van der Waals surface area contributed by atoms with Crippen molar-refractivity contribution in [2.45, 2.75) is 49.7 Å². The average molecular weight is 560 g/mol. The van der Waals surface area contributed by atoms with E-state index in [1.165, 1.54) is 6.42 Å². The largest absolute Gasteiger partial charge is 0.368 e. The lowest BCUT2D eigenvalue weighted by molar-refractivity contribution is -0.142. The van der Waals surface area contributed by atoms with E-state index in [1.54, 1.807) is 11.0 Å². The number of amides is 2. The molecule has 3 aliphatic heterocycles. The van der Waals surface area contributed by atoms with Crippen LogP contribution in [-0.4, -0.2) is 73.0 Å². The zero-order chi connectivity index (χ0) is 26.8. The molecule has 204 valence electrons. The number of likely N-dealkylation sites (tertiary alicyclic amines) is 2. The van der Waals surface area contributed by atoms with Gasteiger partial charge in [-0.1, -0.05) is 53.9 Å². The van der Waals surface area contributed by atoms with E-state index in [2.05, 4.69) is 9.80 Å². The van der Waals surface area contributed by atoms with Gasteiger partial charge in [0.25, 0.3) is 5.91 Å². The maximum atomic E-state index is 12.9. The van der Waals surface area contributed by atoms with E-state index >= 15 is 0 Å². The molecule has 2 N–H and O–H groups in total. The van der Waals surface area contributed by atoms with Crippen molar-refractivity contribution in [2.24, 2.45) is 5.73 Å². The number of carbonyl (C=O) groups excluding carboxylic acids is 2. The summed E-state index contributed by atoms with van der Waals surface area (Å²) in [7, 11) is 0. The normalized spacial score (nSPS) is 24.9. The number of rotatable bonds is 7. The molecule has 1 atom stereocenters. The van der Waals surface area contributed by atoms with Crippen LogP contribution >= 0.6 is 23.2 Å². The number of piperidine rings is 2. The van der Waals surface area contributed by atoms with Crippen molar-refractivity contribution in [3.05, 3.63) is 64.1 Å². The molecule has 3 heterocycles. The Morgan fingerprint density at radius 2 is 1.66 bits per heavy atom. The molecular formula is C29H36Cl2N4O3. The Kier molecular flexibility index (Phi) is 8.31. The Hall–Kier alpha value is -2.16. The van der Waals surface area contributed by atoms with Crippen molar-refractivity contribution < 1.29 is 14.3 Å². The number of hydrogen-bond acceptors (Lipinski definition) is 5. The van der Waals surface area contributed by atoms with Gasteiger partial charge in [-0.25, -0.2) is 0 Å². The number of nitrogens with zero attached hydrogens (tertiary/aromatic N) is 3. The first-order valence-corrected chi connectivity index (χ1v) is 14.3. The van der Waals surface area contributed by atoms with Crippen LogP contribution in [0, 0.1) is 0 Å². The van der Waals surface area contributed by atoms with E-state index < -0.39 is 11.1 Å². The third-order valence-electron chi connectivity index (χ3n) is 8.64. The summed E-state index contributed by atoms with van der Waals surface area (Å²) in [4.78, 5) is 32.1. The summed E-state index contributed by atoms with van der Waals surface area (Å²) in [6.45, 7) is 4.58. The van der Waals surface area contributed by atoms with Gasteiger partial charge in [-0.15, -0.1) is 0 Å². The summed E-state index contributed by atoms with van der Waals surface area (Å²) in [6.07, 6.45) is 5.60. The molecule has 2 amide bonds. The van der Waals surface area contributed by atoms with Crippen molar-refractivity contribution in [1.29, 1.82) is 0 Å². The van der Waals surface area contributed by atoms with Gasteiger partial charge in [0.2, 0.25) is 5.91 Å². The lowest BCUT2D eigenvalue weighted by Gasteiger charge is -2.49. The van der Waals surface area contributed by atoms with Crippen molar-refractivity contribution in [3.8, 4) is 0 Å². The van der Waals surface area contributed by atoms with Gasteiger partial charge in [0.05, 0.1) is 16.6 Å². The summed E-state index contributed by atoms with van der Waals surface area (Å²) >= 11 is 12.7. The molecule has 38 heavy (non-hydrogen) atoms. The first kappa shape index (κ1) is 27.4. The Labute approximate surface area is 234 Å². The van der Waals surface area contributed by atoms with Crippen LogP contribution in [0.4, 0.5) is 5.69 Å². The van der Waals surface area contributed by atoms with Crippen molar-refractivity contribution in [3.63, 3.8) is 0 Å². The highest BCUT2D eigenvalue weighted by molar-refractivity contribution is 6.42. The molecule has 5 rings (SSSR count). The molecule has 7 nitrogen and oxygen atoms in total. The van der Waals surface area contributed by atoms with Crippen molar-refractivity contribution in [2.75, 3.05) is 50.8 Å². The molecule has 3 aliphatic rings. The zero-order valence-electron chi connectivity index (χ0n) is 21.7. The van der Waals surface area contributed by atoms with Crippen LogP contribution in [0.2, 0.25) is 10.0 Å². The van der Waals surface area contributed by atoms with E-state index in [0.29, 0.717) is 23.0 Å². The summed E-state index contributed by atoms with van der Waals surface area (Å²) < 4.78 is 6.37. The SMILES string of the molecule is NC(=O)C1(N2CCCCC2)CCN(CCC2(c3ccc(Cl)c(Cl)c3)CN(c3ccccc3)C(=O)CO2)CC1. The number of para-hydroxylation sites is 1. The summed E-state index contributed by atoms with van der Waals surface area (Å²) in [6, 6.07) is 15.3. The third kappa shape index (κ3) is 5.45. The minimum absolute atomic E-state index is 0.0190. The highest BCUT2D eigenvalue weighted by Crippen LogP contribution is 2.39. The van der Waals surface area contributed by atoms with Crippen LogP contribution in [0.15, 0.2) is 48.5 Å². The second-order valence-electron chi connectivity index (χ2n) is 10.8. The second kappa shape index (κ2) is 11.5. The first-order chi connectivity index (χ1) is 18.3. The molecule has 0 spiro atoms. The van der Waals surface area contributed by atoms with E-state index in [0.717, 1.165) is 69.7 Å².